The standard InChI is InChI=1S/C22H52O6Si3/c1-23-29(24-2)19-13-7-10-16-22(17-11-8-14-20-30(25-3)26-4)18-12-9-15-21-31(27-5)28-6/h22,29-31H,7-21H2,1-6H3. The second-order valence-corrected chi connectivity index (χ2v) is 15.6. The van der Waals surface area contributed by atoms with Crippen LogP contribution in [0.25, 0.3) is 0 Å². The summed E-state index contributed by atoms with van der Waals surface area (Å²) < 4.78 is 32.6. The molecule has 0 aromatic heterocycles. The maximum atomic E-state index is 5.43. The van der Waals surface area contributed by atoms with E-state index in [1.165, 1.54) is 77.0 Å². The van der Waals surface area contributed by atoms with Crippen LogP contribution >= 0.6 is 0 Å². The zero-order valence-corrected chi connectivity index (χ0v) is 24.8. The average Bonchev–Trinajstić information content (AvgIpc) is 2.80. The Hall–Kier alpha value is 0.411. The van der Waals surface area contributed by atoms with Crippen LogP contribution in [0.2, 0.25) is 18.1 Å². The van der Waals surface area contributed by atoms with E-state index < -0.39 is 27.9 Å². The van der Waals surface area contributed by atoms with Gasteiger partial charge < -0.3 is 26.6 Å². The van der Waals surface area contributed by atoms with Gasteiger partial charge in [0.25, 0.3) is 0 Å². The highest BCUT2D eigenvalue weighted by Crippen LogP contribution is 2.25. The lowest BCUT2D eigenvalue weighted by Gasteiger charge is -2.18. The van der Waals surface area contributed by atoms with Crippen LogP contribution in [-0.2, 0) is 26.6 Å². The molecule has 0 spiro atoms. The van der Waals surface area contributed by atoms with E-state index in [0.29, 0.717) is 0 Å². The summed E-state index contributed by atoms with van der Waals surface area (Å²) in [5, 5.41) is 0. The van der Waals surface area contributed by atoms with Crippen molar-refractivity contribution in [1.29, 1.82) is 0 Å². The van der Waals surface area contributed by atoms with Crippen molar-refractivity contribution >= 4 is 27.9 Å². The second kappa shape index (κ2) is 23.6. The summed E-state index contributed by atoms with van der Waals surface area (Å²) in [5.41, 5.74) is 0. The molecule has 0 aliphatic rings. The Labute approximate surface area is 198 Å². The molecule has 0 radical (unpaired) electrons. The van der Waals surface area contributed by atoms with Gasteiger partial charge in [-0.2, -0.15) is 0 Å². The molecule has 0 saturated heterocycles. The number of rotatable bonds is 24. The molecule has 9 heteroatoms. The lowest BCUT2D eigenvalue weighted by Crippen LogP contribution is -2.18. The Morgan fingerprint density at radius 3 is 0.871 bits per heavy atom. The number of hydrogen-bond donors (Lipinski definition) is 0. The Balaban J connectivity index is 4.13. The summed E-state index contributed by atoms with van der Waals surface area (Å²) >= 11 is 0. The first-order chi connectivity index (χ1) is 15.1. The molecule has 0 rings (SSSR count). The van der Waals surface area contributed by atoms with Crippen molar-refractivity contribution in [3.8, 4) is 0 Å². The van der Waals surface area contributed by atoms with Gasteiger partial charge in [-0.1, -0.05) is 77.0 Å². The third kappa shape index (κ3) is 18.5. The zero-order chi connectivity index (χ0) is 23.2. The molecule has 188 valence electrons. The molecule has 0 N–H and O–H groups in total. The van der Waals surface area contributed by atoms with E-state index in [-0.39, 0.29) is 0 Å². The summed E-state index contributed by atoms with van der Waals surface area (Å²) in [6.45, 7) is 0. The largest absolute Gasteiger partial charge is 0.400 e. The van der Waals surface area contributed by atoms with Gasteiger partial charge in [0.15, 0.2) is 0 Å². The van der Waals surface area contributed by atoms with Crippen LogP contribution < -0.4 is 0 Å². The van der Waals surface area contributed by atoms with Crippen LogP contribution in [0.5, 0.6) is 0 Å². The number of hydrogen-bond acceptors (Lipinski definition) is 6. The van der Waals surface area contributed by atoms with Crippen molar-refractivity contribution in [2.24, 2.45) is 5.92 Å². The highest BCUT2D eigenvalue weighted by Gasteiger charge is 2.13. The lowest BCUT2D eigenvalue weighted by atomic mass is 9.90. The van der Waals surface area contributed by atoms with Crippen LogP contribution in [0.1, 0.15) is 77.0 Å². The maximum Gasteiger partial charge on any atom is 0.320 e. The van der Waals surface area contributed by atoms with Gasteiger partial charge in [-0.3, -0.25) is 0 Å². The third-order valence-corrected chi connectivity index (χ3v) is 12.0. The minimum atomic E-state index is -1.38. The van der Waals surface area contributed by atoms with Gasteiger partial charge in [-0.25, -0.2) is 0 Å². The Morgan fingerprint density at radius 2 is 0.645 bits per heavy atom. The summed E-state index contributed by atoms with van der Waals surface area (Å²) in [6.07, 6.45) is 15.7. The van der Waals surface area contributed by atoms with Crippen molar-refractivity contribution in [2.75, 3.05) is 42.7 Å². The van der Waals surface area contributed by atoms with Gasteiger partial charge in [0.2, 0.25) is 0 Å². The second-order valence-electron chi connectivity index (χ2n) is 8.48. The maximum absolute atomic E-state index is 5.43. The fraction of sp³-hybridized carbons (Fsp3) is 1.00. The van der Waals surface area contributed by atoms with E-state index in [1.807, 2.05) is 0 Å². The molecule has 0 unspecified atom stereocenters. The van der Waals surface area contributed by atoms with Crippen molar-refractivity contribution in [3.63, 3.8) is 0 Å². The van der Waals surface area contributed by atoms with E-state index in [1.54, 1.807) is 42.7 Å². The number of unbranched alkanes of at least 4 members (excludes halogenated alkanes) is 6. The van der Waals surface area contributed by atoms with Gasteiger partial charge >= 0.3 is 27.9 Å². The first-order valence-electron chi connectivity index (χ1n) is 12.3. The predicted molar refractivity (Wildman–Crippen MR) is 137 cm³/mol. The van der Waals surface area contributed by atoms with Crippen LogP contribution in [0, 0.1) is 5.92 Å². The predicted octanol–water partition coefficient (Wildman–Crippen LogP) is 4.82. The van der Waals surface area contributed by atoms with Crippen LogP contribution in [0.4, 0.5) is 0 Å². The zero-order valence-electron chi connectivity index (χ0n) is 21.4. The van der Waals surface area contributed by atoms with Crippen LogP contribution in [-0.4, -0.2) is 70.5 Å². The summed E-state index contributed by atoms with van der Waals surface area (Å²) in [5.74, 6) is 0.869. The summed E-state index contributed by atoms with van der Waals surface area (Å²) in [7, 11) is 6.57. The van der Waals surface area contributed by atoms with Crippen molar-refractivity contribution < 1.29 is 26.6 Å². The molecule has 0 aromatic carbocycles. The fourth-order valence-corrected chi connectivity index (χ4v) is 8.05. The minimum absolute atomic E-state index is 0.869. The molecule has 31 heavy (non-hydrogen) atoms. The van der Waals surface area contributed by atoms with Gasteiger partial charge in [-0.05, 0) is 24.1 Å². The van der Waals surface area contributed by atoms with E-state index in [9.17, 15) is 0 Å². The lowest BCUT2D eigenvalue weighted by molar-refractivity contribution is 0.275. The van der Waals surface area contributed by atoms with E-state index in [2.05, 4.69) is 0 Å². The van der Waals surface area contributed by atoms with Crippen molar-refractivity contribution in [3.05, 3.63) is 0 Å². The van der Waals surface area contributed by atoms with Crippen LogP contribution in [0.15, 0.2) is 0 Å². The normalized spacial score (nSPS) is 12.2. The molecule has 0 amide bonds. The van der Waals surface area contributed by atoms with Crippen molar-refractivity contribution in [1.82, 2.24) is 0 Å². The molecule has 0 saturated carbocycles. The smallest absolute Gasteiger partial charge is 0.320 e. The molecular weight excluding hydrogens is 444 g/mol. The van der Waals surface area contributed by atoms with E-state index >= 15 is 0 Å². The molecule has 0 aromatic rings. The monoisotopic (exact) mass is 496 g/mol. The van der Waals surface area contributed by atoms with E-state index in [0.717, 1.165) is 24.1 Å². The Kier molecular flexibility index (Phi) is 23.9. The Bertz CT molecular complexity index is 304. The quantitative estimate of drug-likeness (QED) is 0.141. The van der Waals surface area contributed by atoms with E-state index in [4.69, 9.17) is 26.6 Å². The average molecular weight is 497 g/mol. The topological polar surface area (TPSA) is 55.4 Å². The first kappa shape index (κ1) is 31.4. The summed E-state index contributed by atoms with van der Waals surface area (Å²) in [6, 6.07) is 3.39. The van der Waals surface area contributed by atoms with Gasteiger partial charge in [0.1, 0.15) is 0 Å². The molecular formula is C22H52O6Si3. The van der Waals surface area contributed by atoms with Gasteiger partial charge in [0, 0.05) is 42.7 Å². The molecule has 0 atom stereocenters. The molecule has 0 aliphatic carbocycles. The Morgan fingerprint density at radius 1 is 0.387 bits per heavy atom. The SMILES string of the molecule is CO[SiH](CCCCCC(CCCCC[SiH](OC)OC)CCCCC[SiH](OC)OC)OC. The summed E-state index contributed by atoms with van der Waals surface area (Å²) in [4.78, 5) is 0. The van der Waals surface area contributed by atoms with Crippen molar-refractivity contribution in [2.45, 2.75) is 95.2 Å². The molecule has 0 heterocycles. The molecule has 6 nitrogen and oxygen atoms in total. The minimum Gasteiger partial charge on any atom is -0.400 e. The first-order valence-corrected chi connectivity index (χ1v) is 17.6. The highest BCUT2D eigenvalue weighted by molar-refractivity contribution is 6.44. The van der Waals surface area contributed by atoms with Gasteiger partial charge in [0.05, 0.1) is 0 Å². The fourth-order valence-electron chi connectivity index (χ4n) is 4.19. The van der Waals surface area contributed by atoms with Crippen LogP contribution in [0.3, 0.4) is 0 Å². The molecule has 0 aliphatic heterocycles. The molecule has 0 fully saturated rings. The molecule has 0 bridgehead atoms. The highest BCUT2D eigenvalue weighted by atomic mass is 28.3. The van der Waals surface area contributed by atoms with Gasteiger partial charge in [-0.15, -0.1) is 0 Å². The third-order valence-electron chi connectivity index (χ3n) is 6.23.